The Kier molecular flexibility index (Phi) is 6.84. The average Bonchev–Trinajstić information content (AvgIpc) is 2.87. The van der Waals surface area contributed by atoms with Crippen molar-refractivity contribution >= 4 is 28.5 Å². The zero-order chi connectivity index (χ0) is 25.4. The van der Waals surface area contributed by atoms with Crippen LogP contribution in [0.15, 0.2) is 45.6 Å². The fourth-order valence-corrected chi connectivity index (χ4v) is 5.86. The molecule has 1 N–H and O–H groups in total. The van der Waals surface area contributed by atoms with Crippen LogP contribution in [0.3, 0.4) is 0 Å². The van der Waals surface area contributed by atoms with Crippen LogP contribution in [0.5, 0.6) is 5.75 Å². The maximum atomic E-state index is 13.2. The minimum atomic E-state index is -0.641. The smallest absolute Gasteiger partial charge is 0.340 e. The molecular weight excluding hydrogens is 478 g/mol. The molecule has 190 valence electrons. The highest BCUT2D eigenvalue weighted by Crippen LogP contribution is 2.40. The van der Waals surface area contributed by atoms with Gasteiger partial charge in [0.05, 0.1) is 17.6 Å². The SMILES string of the molecule is Cc1c(CC(=O)N2CC[C@@]3(O)CCCC[C@@H]3C2)c(=O)oc2c(C)c(OCc3ccc(Cl)cc3)ccc12. The molecule has 0 bridgehead atoms. The number of hydrogen-bond donors (Lipinski definition) is 1. The summed E-state index contributed by atoms with van der Waals surface area (Å²) >= 11 is 5.95. The molecule has 36 heavy (non-hydrogen) atoms. The second kappa shape index (κ2) is 9.91. The zero-order valence-electron chi connectivity index (χ0n) is 20.8. The second-order valence-corrected chi connectivity index (χ2v) is 10.7. The van der Waals surface area contributed by atoms with Gasteiger partial charge in [0.25, 0.3) is 0 Å². The van der Waals surface area contributed by atoms with E-state index >= 15 is 0 Å². The molecule has 1 saturated heterocycles. The fourth-order valence-electron chi connectivity index (χ4n) is 5.73. The maximum Gasteiger partial charge on any atom is 0.340 e. The third kappa shape index (κ3) is 4.76. The number of carbonyl (C=O) groups excluding carboxylic acids is 1. The normalized spacial score (nSPS) is 21.9. The van der Waals surface area contributed by atoms with E-state index in [1.54, 1.807) is 0 Å². The first-order valence-corrected chi connectivity index (χ1v) is 13.1. The molecule has 1 aliphatic heterocycles. The molecule has 0 spiro atoms. The molecule has 1 aliphatic carbocycles. The third-order valence-electron chi connectivity index (χ3n) is 8.07. The molecule has 1 saturated carbocycles. The Morgan fingerprint density at radius 2 is 1.92 bits per heavy atom. The van der Waals surface area contributed by atoms with Crippen molar-refractivity contribution in [1.82, 2.24) is 4.90 Å². The Morgan fingerprint density at radius 1 is 1.14 bits per heavy atom. The van der Waals surface area contributed by atoms with Gasteiger partial charge in [0.2, 0.25) is 5.91 Å². The topological polar surface area (TPSA) is 80.0 Å². The zero-order valence-corrected chi connectivity index (χ0v) is 21.6. The Morgan fingerprint density at radius 3 is 2.69 bits per heavy atom. The van der Waals surface area contributed by atoms with Gasteiger partial charge in [0.15, 0.2) is 0 Å². The Balaban J connectivity index is 1.34. The van der Waals surface area contributed by atoms with E-state index in [-0.39, 0.29) is 18.2 Å². The number of amides is 1. The number of hydrogen-bond acceptors (Lipinski definition) is 5. The van der Waals surface area contributed by atoms with Gasteiger partial charge in [-0.05, 0) is 68.5 Å². The highest BCUT2D eigenvalue weighted by Gasteiger charge is 2.43. The van der Waals surface area contributed by atoms with Crippen molar-refractivity contribution in [2.75, 3.05) is 13.1 Å². The lowest BCUT2D eigenvalue weighted by atomic mass is 9.71. The predicted octanol–water partition coefficient (Wildman–Crippen LogP) is 5.34. The molecule has 2 aromatic carbocycles. The molecule has 0 radical (unpaired) electrons. The van der Waals surface area contributed by atoms with Crippen molar-refractivity contribution in [3.8, 4) is 5.75 Å². The van der Waals surface area contributed by atoms with Gasteiger partial charge >= 0.3 is 5.63 Å². The summed E-state index contributed by atoms with van der Waals surface area (Å²) in [5, 5.41) is 12.4. The van der Waals surface area contributed by atoms with Crippen LogP contribution in [0.25, 0.3) is 11.0 Å². The number of fused-ring (bicyclic) bond motifs is 2. The number of aryl methyl sites for hydroxylation is 2. The number of likely N-dealkylation sites (tertiary alicyclic amines) is 1. The van der Waals surface area contributed by atoms with Crippen molar-refractivity contribution in [3.63, 3.8) is 0 Å². The highest BCUT2D eigenvalue weighted by molar-refractivity contribution is 6.30. The number of benzene rings is 2. The molecule has 0 unspecified atom stereocenters. The van der Waals surface area contributed by atoms with Crippen molar-refractivity contribution in [3.05, 3.63) is 74.1 Å². The lowest BCUT2D eigenvalue weighted by molar-refractivity contribution is -0.142. The molecule has 1 amide bonds. The van der Waals surface area contributed by atoms with Crippen molar-refractivity contribution in [2.24, 2.45) is 5.92 Å². The fraction of sp³-hybridized carbons (Fsp3) is 0.448. The van der Waals surface area contributed by atoms with E-state index in [4.69, 9.17) is 20.8 Å². The summed E-state index contributed by atoms with van der Waals surface area (Å²) in [6.07, 6.45) is 4.51. The summed E-state index contributed by atoms with van der Waals surface area (Å²) < 4.78 is 11.7. The number of ether oxygens (including phenoxy) is 1. The molecule has 2 heterocycles. The molecule has 2 fully saturated rings. The largest absolute Gasteiger partial charge is 0.488 e. The molecule has 7 heteroatoms. The molecule has 2 aliphatic rings. The van der Waals surface area contributed by atoms with Crippen molar-refractivity contribution in [1.29, 1.82) is 0 Å². The van der Waals surface area contributed by atoms with E-state index < -0.39 is 11.2 Å². The number of rotatable bonds is 5. The summed E-state index contributed by atoms with van der Waals surface area (Å²) in [7, 11) is 0. The van der Waals surface area contributed by atoms with Crippen molar-refractivity contribution < 1.29 is 19.1 Å². The number of carbonyl (C=O) groups is 1. The predicted molar refractivity (Wildman–Crippen MR) is 140 cm³/mol. The minimum absolute atomic E-state index is 0.00310. The van der Waals surface area contributed by atoms with E-state index in [0.717, 1.165) is 47.8 Å². The van der Waals surface area contributed by atoms with Gasteiger partial charge in [-0.15, -0.1) is 0 Å². The van der Waals surface area contributed by atoms with Crippen LogP contribution < -0.4 is 10.4 Å². The van der Waals surface area contributed by atoms with Gasteiger partial charge in [-0.3, -0.25) is 4.79 Å². The minimum Gasteiger partial charge on any atom is -0.488 e. The van der Waals surface area contributed by atoms with Crippen LogP contribution in [0.2, 0.25) is 5.02 Å². The van der Waals surface area contributed by atoms with Crippen LogP contribution in [0.1, 0.15) is 54.4 Å². The highest BCUT2D eigenvalue weighted by atomic mass is 35.5. The van der Waals surface area contributed by atoms with E-state index in [2.05, 4.69) is 0 Å². The quantitative estimate of drug-likeness (QED) is 0.470. The van der Waals surface area contributed by atoms with Gasteiger partial charge in [-0.1, -0.05) is 36.6 Å². The van der Waals surface area contributed by atoms with Gasteiger partial charge in [-0.25, -0.2) is 4.79 Å². The second-order valence-electron chi connectivity index (χ2n) is 10.3. The van der Waals surface area contributed by atoms with Crippen LogP contribution in [0.4, 0.5) is 0 Å². The number of aliphatic hydroxyl groups is 1. The molecule has 6 nitrogen and oxygen atoms in total. The molecule has 2 atom stereocenters. The molecule has 3 aromatic rings. The lowest BCUT2D eigenvalue weighted by Crippen LogP contribution is -2.55. The summed E-state index contributed by atoms with van der Waals surface area (Å²) in [6.45, 7) is 5.18. The Labute approximate surface area is 215 Å². The molecule has 5 rings (SSSR count). The summed E-state index contributed by atoms with van der Waals surface area (Å²) in [5.41, 5.74) is 2.23. The summed E-state index contributed by atoms with van der Waals surface area (Å²) in [5.74, 6) is 0.668. The van der Waals surface area contributed by atoms with Gasteiger partial charge in [0, 0.05) is 35.0 Å². The average molecular weight is 510 g/mol. The number of nitrogens with zero attached hydrogens (tertiary/aromatic N) is 1. The number of halogens is 1. The van der Waals surface area contributed by atoms with Gasteiger partial charge in [0.1, 0.15) is 17.9 Å². The van der Waals surface area contributed by atoms with Crippen LogP contribution in [-0.4, -0.2) is 34.6 Å². The first-order valence-electron chi connectivity index (χ1n) is 12.7. The first-order chi connectivity index (χ1) is 17.2. The van der Waals surface area contributed by atoms with Crippen LogP contribution in [-0.2, 0) is 17.8 Å². The van der Waals surface area contributed by atoms with Crippen LogP contribution in [0, 0.1) is 19.8 Å². The monoisotopic (exact) mass is 509 g/mol. The van der Waals surface area contributed by atoms with E-state index in [9.17, 15) is 14.7 Å². The number of piperidine rings is 1. The molecule has 1 aromatic heterocycles. The third-order valence-corrected chi connectivity index (χ3v) is 8.32. The van der Waals surface area contributed by atoms with Gasteiger partial charge in [-0.2, -0.15) is 0 Å². The Hall–Kier alpha value is -2.83. The summed E-state index contributed by atoms with van der Waals surface area (Å²) in [6, 6.07) is 11.2. The lowest BCUT2D eigenvalue weighted by Gasteiger charge is -2.47. The van der Waals surface area contributed by atoms with E-state index in [1.165, 1.54) is 0 Å². The maximum absolute atomic E-state index is 13.2. The first kappa shape index (κ1) is 24.8. The van der Waals surface area contributed by atoms with Crippen molar-refractivity contribution in [2.45, 2.75) is 64.6 Å². The summed E-state index contributed by atoms with van der Waals surface area (Å²) in [4.78, 5) is 28.0. The van der Waals surface area contributed by atoms with Gasteiger partial charge < -0.3 is 19.2 Å². The van der Waals surface area contributed by atoms with E-state index in [0.29, 0.717) is 48.0 Å². The Bertz CT molecular complexity index is 1350. The van der Waals surface area contributed by atoms with Crippen LogP contribution >= 0.6 is 11.6 Å². The standard InChI is InChI=1S/C29H32ClNO5/c1-18-23-10-11-25(35-17-20-6-8-22(30)9-7-20)19(2)27(23)36-28(33)24(18)15-26(32)31-14-13-29(34)12-4-3-5-21(29)16-31/h6-11,21,34H,3-5,12-17H2,1-2H3/t21-,29+/m1/s1. The van der Waals surface area contributed by atoms with E-state index in [1.807, 2.05) is 55.1 Å². The molecular formula is C29H32ClNO5.